The Morgan fingerprint density at radius 1 is 1.38 bits per heavy atom. The second kappa shape index (κ2) is 6.47. The number of para-hydroxylation sites is 1. The minimum atomic E-state index is -0.496. The van der Waals surface area contributed by atoms with Crippen molar-refractivity contribution in [3.05, 3.63) is 50.9 Å². The molecule has 0 aliphatic heterocycles. The summed E-state index contributed by atoms with van der Waals surface area (Å²) < 4.78 is 10.4. The molecule has 0 bridgehead atoms. The lowest BCUT2D eigenvalue weighted by atomic mass is 10.2. The van der Waals surface area contributed by atoms with Gasteiger partial charge in [-0.25, -0.2) is 4.98 Å². The van der Waals surface area contributed by atoms with Crippen LogP contribution >= 0.6 is 11.6 Å². The highest BCUT2D eigenvalue weighted by Crippen LogP contribution is 2.33. The standard InChI is InChI=1S/C13H12ClN3O4/c1-8-4-3-5-9(13(8)17(18)19)21-12-6-10(14)15-11(16-12)7-20-2/h3-6H,7H2,1-2H3. The van der Waals surface area contributed by atoms with Crippen LogP contribution in [0.15, 0.2) is 24.3 Å². The Morgan fingerprint density at radius 3 is 2.81 bits per heavy atom. The van der Waals surface area contributed by atoms with E-state index in [9.17, 15) is 10.1 Å². The number of hydrogen-bond acceptors (Lipinski definition) is 6. The fourth-order valence-corrected chi connectivity index (χ4v) is 1.94. The van der Waals surface area contributed by atoms with Gasteiger partial charge in [0.2, 0.25) is 11.6 Å². The van der Waals surface area contributed by atoms with Crippen LogP contribution in [0.5, 0.6) is 11.6 Å². The Labute approximate surface area is 125 Å². The number of nitro groups is 1. The van der Waals surface area contributed by atoms with Crippen molar-refractivity contribution in [1.82, 2.24) is 9.97 Å². The van der Waals surface area contributed by atoms with E-state index in [4.69, 9.17) is 21.1 Å². The molecule has 110 valence electrons. The number of ether oxygens (including phenoxy) is 2. The zero-order chi connectivity index (χ0) is 15.4. The molecule has 0 fully saturated rings. The highest BCUT2D eigenvalue weighted by Gasteiger charge is 2.19. The largest absolute Gasteiger partial charge is 0.432 e. The van der Waals surface area contributed by atoms with E-state index < -0.39 is 4.92 Å². The summed E-state index contributed by atoms with van der Waals surface area (Å²) in [5, 5.41) is 11.3. The summed E-state index contributed by atoms with van der Waals surface area (Å²) in [5.74, 6) is 0.546. The second-order valence-corrected chi connectivity index (χ2v) is 4.55. The SMILES string of the molecule is COCc1nc(Cl)cc(Oc2cccc(C)c2[N+](=O)[O-])n1. The van der Waals surface area contributed by atoms with Crippen molar-refractivity contribution >= 4 is 17.3 Å². The number of methoxy groups -OCH3 is 1. The fourth-order valence-electron chi connectivity index (χ4n) is 1.75. The molecule has 1 heterocycles. The van der Waals surface area contributed by atoms with Gasteiger partial charge in [-0.3, -0.25) is 10.1 Å². The van der Waals surface area contributed by atoms with Crippen LogP contribution in [-0.2, 0) is 11.3 Å². The number of aryl methyl sites for hydroxylation is 1. The van der Waals surface area contributed by atoms with Crippen LogP contribution in [0.2, 0.25) is 5.15 Å². The van der Waals surface area contributed by atoms with Gasteiger partial charge in [0.1, 0.15) is 11.8 Å². The molecule has 1 aromatic heterocycles. The van der Waals surface area contributed by atoms with E-state index in [1.807, 2.05) is 0 Å². The van der Waals surface area contributed by atoms with Gasteiger partial charge in [-0.15, -0.1) is 0 Å². The number of nitro benzene ring substituents is 1. The van der Waals surface area contributed by atoms with E-state index in [2.05, 4.69) is 9.97 Å². The molecular formula is C13H12ClN3O4. The summed E-state index contributed by atoms with van der Waals surface area (Å²) in [6.45, 7) is 1.79. The number of hydrogen-bond donors (Lipinski definition) is 0. The van der Waals surface area contributed by atoms with Crippen LogP contribution in [0.25, 0.3) is 0 Å². The number of nitrogens with zero attached hydrogens (tertiary/aromatic N) is 3. The molecule has 21 heavy (non-hydrogen) atoms. The Balaban J connectivity index is 2.38. The number of aromatic nitrogens is 2. The van der Waals surface area contributed by atoms with Crippen molar-refractivity contribution in [2.75, 3.05) is 7.11 Å². The molecule has 7 nitrogen and oxygen atoms in total. The Morgan fingerprint density at radius 2 is 2.14 bits per heavy atom. The summed E-state index contributed by atoms with van der Waals surface area (Å²) in [6, 6.07) is 6.18. The normalized spacial score (nSPS) is 10.4. The van der Waals surface area contributed by atoms with Gasteiger partial charge in [0.25, 0.3) is 0 Å². The first kappa shape index (κ1) is 15.1. The molecule has 2 aromatic rings. The molecule has 0 spiro atoms. The van der Waals surface area contributed by atoms with E-state index in [1.165, 1.54) is 19.2 Å². The number of halogens is 1. The molecule has 0 saturated carbocycles. The molecular weight excluding hydrogens is 298 g/mol. The zero-order valence-electron chi connectivity index (χ0n) is 11.4. The zero-order valence-corrected chi connectivity index (χ0v) is 12.1. The molecule has 0 atom stereocenters. The quantitative estimate of drug-likeness (QED) is 0.478. The first-order valence-corrected chi connectivity index (χ1v) is 6.33. The summed E-state index contributed by atoms with van der Waals surface area (Å²) in [6.07, 6.45) is 0. The van der Waals surface area contributed by atoms with Gasteiger partial charge in [0.15, 0.2) is 5.82 Å². The van der Waals surface area contributed by atoms with E-state index >= 15 is 0 Å². The van der Waals surface area contributed by atoms with Gasteiger partial charge >= 0.3 is 5.69 Å². The maximum absolute atomic E-state index is 11.1. The van der Waals surface area contributed by atoms with Crippen LogP contribution in [-0.4, -0.2) is 22.0 Å². The van der Waals surface area contributed by atoms with E-state index in [0.717, 1.165) is 0 Å². The van der Waals surface area contributed by atoms with Gasteiger partial charge in [-0.1, -0.05) is 23.7 Å². The average molecular weight is 310 g/mol. The first-order chi connectivity index (χ1) is 10.0. The minimum Gasteiger partial charge on any atom is -0.432 e. The topological polar surface area (TPSA) is 87.4 Å². The third kappa shape index (κ3) is 3.65. The van der Waals surface area contributed by atoms with Gasteiger partial charge in [-0.05, 0) is 13.0 Å². The van der Waals surface area contributed by atoms with E-state index in [-0.39, 0.29) is 29.1 Å². The van der Waals surface area contributed by atoms with E-state index in [0.29, 0.717) is 11.4 Å². The fraction of sp³-hybridized carbons (Fsp3) is 0.231. The number of rotatable bonds is 5. The molecule has 0 unspecified atom stereocenters. The average Bonchev–Trinajstić information content (AvgIpc) is 2.37. The molecule has 0 radical (unpaired) electrons. The van der Waals surface area contributed by atoms with Crippen LogP contribution < -0.4 is 4.74 Å². The van der Waals surface area contributed by atoms with Crippen LogP contribution in [0.4, 0.5) is 5.69 Å². The lowest BCUT2D eigenvalue weighted by Gasteiger charge is -2.08. The van der Waals surface area contributed by atoms with Crippen molar-refractivity contribution in [2.45, 2.75) is 13.5 Å². The first-order valence-electron chi connectivity index (χ1n) is 5.95. The minimum absolute atomic E-state index is 0.0955. The predicted molar refractivity (Wildman–Crippen MR) is 75.7 cm³/mol. The van der Waals surface area contributed by atoms with Crippen LogP contribution in [0, 0.1) is 17.0 Å². The Bertz CT molecular complexity index is 678. The molecule has 0 aliphatic rings. The van der Waals surface area contributed by atoms with Gasteiger partial charge in [-0.2, -0.15) is 4.98 Å². The smallest absolute Gasteiger partial charge is 0.314 e. The summed E-state index contributed by atoms with van der Waals surface area (Å²) in [4.78, 5) is 18.7. The monoisotopic (exact) mass is 309 g/mol. The van der Waals surface area contributed by atoms with Crippen molar-refractivity contribution < 1.29 is 14.4 Å². The third-order valence-corrected chi connectivity index (χ3v) is 2.78. The molecule has 8 heteroatoms. The van der Waals surface area contributed by atoms with Crippen LogP contribution in [0.1, 0.15) is 11.4 Å². The summed E-state index contributed by atoms with van der Waals surface area (Å²) >= 11 is 5.87. The number of benzene rings is 1. The molecule has 0 amide bonds. The molecule has 0 aliphatic carbocycles. The van der Waals surface area contributed by atoms with Gasteiger partial charge in [0.05, 0.1) is 4.92 Å². The second-order valence-electron chi connectivity index (χ2n) is 4.16. The van der Waals surface area contributed by atoms with Crippen molar-refractivity contribution in [1.29, 1.82) is 0 Å². The summed E-state index contributed by atoms with van der Waals surface area (Å²) in [7, 11) is 1.50. The highest BCUT2D eigenvalue weighted by molar-refractivity contribution is 6.29. The maximum atomic E-state index is 11.1. The van der Waals surface area contributed by atoms with Gasteiger partial charge in [0, 0.05) is 18.7 Å². The van der Waals surface area contributed by atoms with Crippen LogP contribution in [0.3, 0.4) is 0 Å². The van der Waals surface area contributed by atoms with E-state index in [1.54, 1.807) is 19.1 Å². The Kier molecular flexibility index (Phi) is 4.66. The molecule has 0 saturated heterocycles. The predicted octanol–water partition coefficient (Wildman–Crippen LogP) is 3.29. The lowest BCUT2D eigenvalue weighted by Crippen LogP contribution is -2.01. The molecule has 0 N–H and O–H groups in total. The maximum Gasteiger partial charge on any atom is 0.314 e. The van der Waals surface area contributed by atoms with Crippen molar-refractivity contribution in [3.63, 3.8) is 0 Å². The molecule has 2 rings (SSSR count). The Hall–Kier alpha value is -2.25. The lowest BCUT2D eigenvalue weighted by molar-refractivity contribution is -0.386. The van der Waals surface area contributed by atoms with Crippen molar-refractivity contribution in [3.8, 4) is 11.6 Å². The highest BCUT2D eigenvalue weighted by atomic mass is 35.5. The molecule has 1 aromatic carbocycles. The van der Waals surface area contributed by atoms with Crippen molar-refractivity contribution in [2.24, 2.45) is 0 Å². The summed E-state index contributed by atoms with van der Waals surface area (Å²) in [5.41, 5.74) is 0.385. The van der Waals surface area contributed by atoms with Gasteiger partial charge < -0.3 is 9.47 Å². The third-order valence-electron chi connectivity index (χ3n) is 2.59.